The first-order chi connectivity index (χ1) is 24.3. The van der Waals surface area contributed by atoms with Gasteiger partial charge in [-0.1, -0.05) is 133 Å². The van der Waals surface area contributed by atoms with Crippen LogP contribution in [0.25, 0.3) is 49.6 Å². The van der Waals surface area contributed by atoms with E-state index in [9.17, 15) is 0 Å². The smallest absolute Gasteiger partial charge is 0.142 e. The molecule has 5 aromatic carbocycles. The van der Waals surface area contributed by atoms with Gasteiger partial charge in [0.2, 0.25) is 0 Å². The van der Waals surface area contributed by atoms with Gasteiger partial charge in [-0.25, -0.2) is 0 Å². The van der Waals surface area contributed by atoms with E-state index in [1.807, 2.05) is 11.3 Å². The zero-order chi connectivity index (χ0) is 32.3. The first-order valence-corrected chi connectivity index (χ1v) is 18.2. The monoisotopic (exact) mass is 649 g/mol. The molecule has 0 amide bonds. The van der Waals surface area contributed by atoms with Gasteiger partial charge < -0.3 is 9.32 Å². The lowest BCUT2D eigenvalue weighted by atomic mass is 9.72. The van der Waals surface area contributed by atoms with Gasteiger partial charge in [0, 0.05) is 48.4 Å². The van der Waals surface area contributed by atoms with Gasteiger partial charge in [0.05, 0.1) is 6.04 Å². The Labute approximate surface area is 291 Å². The molecule has 3 unspecified atom stereocenters. The third-order valence-corrected chi connectivity index (χ3v) is 12.1. The van der Waals surface area contributed by atoms with Gasteiger partial charge in [-0.2, -0.15) is 0 Å². The summed E-state index contributed by atoms with van der Waals surface area (Å²) in [6.45, 7) is 0. The fraction of sp³-hybridized carbons (Fsp3) is 0.130. The van der Waals surface area contributed by atoms with Crippen LogP contribution in [0.15, 0.2) is 162 Å². The quantitative estimate of drug-likeness (QED) is 0.184. The van der Waals surface area contributed by atoms with Gasteiger partial charge in [0.1, 0.15) is 11.3 Å². The van der Waals surface area contributed by atoms with Gasteiger partial charge in [-0.3, -0.25) is 0 Å². The van der Waals surface area contributed by atoms with E-state index in [2.05, 4.69) is 163 Å². The number of hydrogen-bond acceptors (Lipinski definition) is 3. The first-order valence-electron chi connectivity index (χ1n) is 17.4. The Kier molecular flexibility index (Phi) is 6.80. The van der Waals surface area contributed by atoms with E-state index in [4.69, 9.17) is 4.42 Å². The summed E-state index contributed by atoms with van der Waals surface area (Å²) in [5.41, 5.74) is 11.2. The van der Waals surface area contributed by atoms with Crippen molar-refractivity contribution >= 4 is 44.2 Å². The van der Waals surface area contributed by atoms with Crippen molar-refractivity contribution in [3.8, 4) is 22.5 Å². The van der Waals surface area contributed by atoms with E-state index in [0.717, 1.165) is 36.2 Å². The SMILES string of the molecule is C1=Cc2c(sc3ccccc23)C(N(C2=CCC(C3Cc4c(oc5c(-c6ccccc6)cccc45)-c4ccccc43)C=C2)c2ccccc2)C1. The number of allylic oxidation sites excluding steroid dienone is 3. The molecule has 0 radical (unpaired) electrons. The molecule has 0 bridgehead atoms. The summed E-state index contributed by atoms with van der Waals surface area (Å²) in [5, 5.41) is 2.61. The number of para-hydroxylation sites is 2. The number of thiophene rings is 1. The summed E-state index contributed by atoms with van der Waals surface area (Å²) in [5.74, 6) is 1.81. The molecule has 0 N–H and O–H groups in total. The van der Waals surface area contributed by atoms with Crippen molar-refractivity contribution in [1.82, 2.24) is 0 Å². The molecule has 3 heteroatoms. The molecule has 2 nitrogen and oxygen atoms in total. The molecule has 49 heavy (non-hydrogen) atoms. The van der Waals surface area contributed by atoms with Crippen molar-refractivity contribution in [3.05, 3.63) is 179 Å². The normalized spacial score (nSPS) is 19.3. The molecule has 7 aromatic rings. The lowest BCUT2D eigenvalue weighted by Crippen LogP contribution is -2.29. The number of fused-ring (bicyclic) bond motifs is 8. The van der Waals surface area contributed by atoms with Crippen LogP contribution in [0.2, 0.25) is 0 Å². The van der Waals surface area contributed by atoms with Crippen molar-refractivity contribution in [2.75, 3.05) is 4.90 Å². The maximum absolute atomic E-state index is 6.81. The van der Waals surface area contributed by atoms with E-state index >= 15 is 0 Å². The van der Waals surface area contributed by atoms with Crippen LogP contribution in [0.1, 0.15) is 46.4 Å². The molecule has 0 spiro atoms. The summed E-state index contributed by atoms with van der Waals surface area (Å²) in [6.07, 6.45) is 15.1. The maximum Gasteiger partial charge on any atom is 0.142 e. The van der Waals surface area contributed by atoms with Crippen LogP contribution in [0.5, 0.6) is 0 Å². The molecule has 2 aromatic heterocycles. The molecule has 10 rings (SSSR count). The Balaban J connectivity index is 1.01. The standard InChI is InChI=1S/C46H35NOS/c1-3-13-30(14-4-1)34-20-11-21-38-41-29-40(35-17-7-8-19-37(35)45(41)48-44(34)38)31-25-27-33(28-26-31)47(32-15-5-2-6-16-32)42-23-12-22-39-36-18-9-10-24-43(36)49-46(39)42/h1-22,24-25,27-28,31,40,42H,23,26,29H2. The van der Waals surface area contributed by atoms with Crippen LogP contribution in [-0.2, 0) is 6.42 Å². The average Bonchev–Trinajstić information content (AvgIpc) is 3.75. The van der Waals surface area contributed by atoms with E-state index in [1.165, 1.54) is 59.6 Å². The molecule has 2 heterocycles. The number of furan rings is 1. The Bertz CT molecular complexity index is 2440. The van der Waals surface area contributed by atoms with E-state index in [-0.39, 0.29) is 6.04 Å². The minimum Gasteiger partial charge on any atom is -0.455 e. The largest absolute Gasteiger partial charge is 0.455 e. The third-order valence-electron chi connectivity index (χ3n) is 10.8. The second kappa shape index (κ2) is 11.6. The Morgan fingerprint density at radius 3 is 2.29 bits per heavy atom. The minimum atomic E-state index is 0.251. The zero-order valence-electron chi connectivity index (χ0n) is 27.1. The van der Waals surface area contributed by atoms with Crippen molar-refractivity contribution in [2.45, 2.75) is 31.2 Å². The molecule has 0 fully saturated rings. The second-order valence-corrected chi connectivity index (χ2v) is 14.6. The molecule has 0 saturated carbocycles. The highest BCUT2D eigenvalue weighted by Crippen LogP contribution is 2.51. The third kappa shape index (κ3) is 4.68. The first kappa shape index (κ1) is 28.6. The highest BCUT2D eigenvalue weighted by Gasteiger charge is 2.35. The molecular weight excluding hydrogens is 615 g/mol. The van der Waals surface area contributed by atoms with Crippen molar-refractivity contribution in [2.24, 2.45) is 5.92 Å². The minimum absolute atomic E-state index is 0.251. The summed E-state index contributed by atoms with van der Waals surface area (Å²) in [7, 11) is 0. The van der Waals surface area contributed by atoms with Gasteiger partial charge in [-0.15, -0.1) is 11.3 Å². The Hall–Kier alpha value is -5.38. The summed E-state index contributed by atoms with van der Waals surface area (Å²) in [4.78, 5) is 4.05. The maximum atomic E-state index is 6.81. The highest BCUT2D eigenvalue weighted by atomic mass is 32.1. The fourth-order valence-corrected chi connectivity index (χ4v) is 9.82. The second-order valence-electron chi connectivity index (χ2n) is 13.5. The average molecular weight is 650 g/mol. The summed E-state index contributed by atoms with van der Waals surface area (Å²) >= 11 is 1.95. The number of anilines is 1. The molecule has 3 atom stereocenters. The predicted molar refractivity (Wildman–Crippen MR) is 206 cm³/mol. The molecule has 3 aliphatic rings. The van der Waals surface area contributed by atoms with E-state index < -0.39 is 0 Å². The lowest BCUT2D eigenvalue weighted by molar-refractivity contribution is 0.491. The molecule has 0 aliphatic heterocycles. The molecular formula is C46H35NOS. The molecule has 3 aliphatic carbocycles. The zero-order valence-corrected chi connectivity index (χ0v) is 27.9. The van der Waals surface area contributed by atoms with Crippen LogP contribution in [0.3, 0.4) is 0 Å². The highest BCUT2D eigenvalue weighted by molar-refractivity contribution is 7.19. The summed E-state index contributed by atoms with van der Waals surface area (Å²) < 4.78 is 8.18. The van der Waals surface area contributed by atoms with Crippen LogP contribution < -0.4 is 4.90 Å². The van der Waals surface area contributed by atoms with Crippen LogP contribution in [0, 0.1) is 5.92 Å². The summed E-state index contributed by atoms with van der Waals surface area (Å²) in [6, 6.07) is 46.3. The van der Waals surface area contributed by atoms with E-state index in [0.29, 0.717) is 11.8 Å². The Morgan fingerprint density at radius 2 is 1.43 bits per heavy atom. The van der Waals surface area contributed by atoms with Gasteiger partial charge in [0.25, 0.3) is 0 Å². The Morgan fingerprint density at radius 1 is 0.673 bits per heavy atom. The number of rotatable bonds is 5. The van der Waals surface area contributed by atoms with Gasteiger partial charge in [-0.05, 0) is 72.1 Å². The fourth-order valence-electron chi connectivity index (χ4n) is 8.52. The van der Waals surface area contributed by atoms with Crippen LogP contribution >= 0.6 is 11.3 Å². The molecule has 0 saturated heterocycles. The van der Waals surface area contributed by atoms with Gasteiger partial charge >= 0.3 is 0 Å². The van der Waals surface area contributed by atoms with Crippen molar-refractivity contribution in [1.29, 1.82) is 0 Å². The predicted octanol–water partition coefficient (Wildman–Crippen LogP) is 12.7. The number of benzene rings is 5. The topological polar surface area (TPSA) is 16.4 Å². The van der Waals surface area contributed by atoms with Crippen LogP contribution in [-0.4, -0.2) is 0 Å². The van der Waals surface area contributed by atoms with Crippen molar-refractivity contribution in [3.63, 3.8) is 0 Å². The lowest BCUT2D eigenvalue weighted by Gasteiger charge is -2.38. The van der Waals surface area contributed by atoms with E-state index in [1.54, 1.807) is 0 Å². The van der Waals surface area contributed by atoms with Gasteiger partial charge in [0.15, 0.2) is 0 Å². The number of nitrogens with zero attached hydrogens (tertiary/aromatic N) is 1. The number of hydrogen-bond donors (Lipinski definition) is 0. The molecule has 236 valence electrons. The van der Waals surface area contributed by atoms with Crippen LogP contribution in [0.4, 0.5) is 5.69 Å². The van der Waals surface area contributed by atoms with Crippen molar-refractivity contribution < 1.29 is 4.42 Å².